The van der Waals surface area contributed by atoms with E-state index in [0.717, 1.165) is 0 Å². The maximum atomic E-state index is 12.0. The third-order valence-electron chi connectivity index (χ3n) is 2.71. The third kappa shape index (κ3) is 2.88. The summed E-state index contributed by atoms with van der Waals surface area (Å²) >= 11 is 1.59. The minimum atomic E-state index is -1.10. The molecule has 2 aromatic rings. The van der Waals surface area contributed by atoms with Crippen LogP contribution < -0.4 is 5.32 Å². The Labute approximate surface area is 119 Å². The second-order valence-electron chi connectivity index (χ2n) is 4.16. The molecule has 2 aromatic heterocycles. The Kier molecular flexibility index (Phi) is 4.19. The zero-order chi connectivity index (χ0) is 14.7. The normalized spacial score (nSPS) is 10.5. The number of aryl methyl sites for hydroxylation is 1. The number of hydrogen-bond acceptors (Lipinski definition) is 4. The molecule has 0 saturated carbocycles. The highest BCUT2D eigenvalue weighted by Crippen LogP contribution is 2.21. The molecule has 7 heteroatoms. The Bertz CT molecular complexity index is 645. The van der Waals surface area contributed by atoms with Crippen LogP contribution in [0.25, 0.3) is 0 Å². The predicted molar refractivity (Wildman–Crippen MR) is 76.4 cm³/mol. The van der Waals surface area contributed by atoms with Gasteiger partial charge in [0.1, 0.15) is 11.3 Å². The maximum absolute atomic E-state index is 12.0. The molecule has 0 aliphatic carbocycles. The van der Waals surface area contributed by atoms with Gasteiger partial charge in [-0.15, -0.1) is 0 Å². The van der Waals surface area contributed by atoms with Crippen molar-refractivity contribution in [3.8, 4) is 0 Å². The molecule has 6 nitrogen and oxygen atoms in total. The number of amides is 1. The van der Waals surface area contributed by atoms with Gasteiger partial charge in [0.2, 0.25) is 0 Å². The maximum Gasteiger partial charge on any atom is 0.339 e. The molecule has 2 rings (SSSR count). The lowest BCUT2D eigenvalue weighted by Gasteiger charge is -2.02. The summed E-state index contributed by atoms with van der Waals surface area (Å²) in [5, 5.41) is 11.6. The van der Waals surface area contributed by atoms with Gasteiger partial charge in [-0.05, 0) is 25.3 Å². The number of H-pyrrole nitrogens is 1. The van der Waals surface area contributed by atoms with Crippen LogP contribution in [0.2, 0.25) is 0 Å². The van der Waals surface area contributed by atoms with E-state index < -0.39 is 11.9 Å². The minimum Gasteiger partial charge on any atom is -0.478 e. The van der Waals surface area contributed by atoms with Gasteiger partial charge in [0.25, 0.3) is 5.91 Å². The van der Waals surface area contributed by atoms with Crippen molar-refractivity contribution < 1.29 is 19.1 Å². The number of anilines is 1. The molecule has 0 spiro atoms. The van der Waals surface area contributed by atoms with Gasteiger partial charge < -0.3 is 19.8 Å². The van der Waals surface area contributed by atoms with Crippen molar-refractivity contribution in [2.75, 3.05) is 11.6 Å². The van der Waals surface area contributed by atoms with Gasteiger partial charge in [-0.1, -0.05) is 0 Å². The molecule has 0 fully saturated rings. The molecule has 0 aliphatic rings. The van der Waals surface area contributed by atoms with Gasteiger partial charge >= 0.3 is 5.97 Å². The molecule has 1 amide bonds. The molecular formula is C13H14N2O4S. The molecular weight excluding hydrogens is 280 g/mol. The van der Waals surface area contributed by atoms with Gasteiger partial charge in [0.05, 0.1) is 11.4 Å². The van der Waals surface area contributed by atoms with E-state index in [1.807, 2.05) is 6.26 Å². The van der Waals surface area contributed by atoms with E-state index in [4.69, 9.17) is 9.52 Å². The summed E-state index contributed by atoms with van der Waals surface area (Å²) in [6.45, 7) is 1.63. The first kappa shape index (κ1) is 14.3. The lowest BCUT2D eigenvalue weighted by molar-refractivity contribution is 0.0697. The average molecular weight is 294 g/mol. The molecule has 106 valence electrons. The van der Waals surface area contributed by atoms with Crippen LogP contribution >= 0.6 is 11.8 Å². The van der Waals surface area contributed by atoms with E-state index >= 15 is 0 Å². The molecule has 0 saturated heterocycles. The zero-order valence-corrected chi connectivity index (χ0v) is 11.8. The number of carboxylic acid groups (broad SMARTS) is 1. The molecule has 0 unspecified atom stereocenters. The van der Waals surface area contributed by atoms with Crippen LogP contribution in [0.15, 0.2) is 22.7 Å². The van der Waals surface area contributed by atoms with Gasteiger partial charge in [-0.25, -0.2) is 4.79 Å². The van der Waals surface area contributed by atoms with Crippen LogP contribution in [0.5, 0.6) is 0 Å². The van der Waals surface area contributed by atoms with Gasteiger partial charge in [-0.3, -0.25) is 4.79 Å². The average Bonchev–Trinajstić information content (AvgIpc) is 2.97. The van der Waals surface area contributed by atoms with Gasteiger partial charge in [-0.2, -0.15) is 11.8 Å². The molecule has 3 N–H and O–H groups in total. The molecule has 0 bridgehead atoms. The summed E-state index contributed by atoms with van der Waals surface area (Å²) in [4.78, 5) is 25.9. The summed E-state index contributed by atoms with van der Waals surface area (Å²) in [5.41, 5.74) is 0.757. The summed E-state index contributed by atoms with van der Waals surface area (Å²) in [5.74, 6) is -0.0345. The molecule has 0 atom stereocenters. The van der Waals surface area contributed by atoms with Crippen molar-refractivity contribution >= 4 is 29.3 Å². The van der Waals surface area contributed by atoms with E-state index in [9.17, 15) is 9.59 Å². The van der Waals surface area contributed by atoms with Gasteiger partial charge in [0.15, 0.2) is 5.76 Å². The number of aromatic nitrogens is 1. The summed E-state index contributed by atoms with van der Waals surface area (Å²) in [6.07, 6.45) is 3.38. The number of carbonyl (C=O) groups excluding carboxylic acids is 1. The number of furan rings is 1. The molecule has 0 aliphatic heterocycles. The Morgan fingerprint density at radius 2 is 2.20 bits per heavy atom. The highest BCUT2D eigenvalue weighted by molar-refractivity contribution is 7.97. The number of carbonyl (C=O) groups is 2. The number of thioether (sulfide) groups is 1. The fraction of sp³-hybridized carbons (Fsp3) is 0.231. The summed E-state index contributed by atoms with van der Waals surface area (Å²) in [6, 6.07) is 3.30. The predicted octanol–water partition coefficient (Wildman–Crippen LogP) is 2.73. The second-order valence-corrected chi connectivity index (χ2v) is 5.03. The molecule has 20 heavy (non-hydrogen) atoms. The van der Waals surface area contributed by atoms with Crippen LogP contribution in [-0.4, -0.2) is 28.2 Å². The Hall–Kier alpha value is -2.15. The van der Waals surface area contributed by atoms with Crippen LogP contribution in [0.3, 0.4) is 0 Å². The van der Waals surface area contributed by atoms with Crippen molar-refractivity contribution in [2.45, 2.75) is 12.7 Å². The number of nitrogens with one attached hydrogen (secondary N) is 2. The Morgan fingerprint density at radius 3 is 2.85 bits per heavy atom. The van der Waals surface area contributed by atoms with Crippen molar-refractivity contribution in [3.05, 3.63) is 41.1 Å². The fourth-order valence-corrected chi connectivity index (χ4v) is 2.24. The number of aromatic carboxylic acids is 1. The van der Waals surface area contributed by atoms with Crippen LogP contribution in [0.1, 0.15) is 32.4 Å². The number of hydrogen-bond donors (Lipinski definition) is 3. The van der Waals surface area contributed by atoms with Crippen molar-refractivity contribution in [1.29, 1.82) is 0 Å². The van der Waals surface area contributed by atoms with Crippen LogP contribution in [0, 0.1) is 6.92 Å². The number of rotatable bonds is 5. The first-order valence-electron chi connectivity index (χ1n) is 5.83. The summed E-state index contributed by atoms with van der Waals surface area (Å²) in [7, 11) is 0. The fourth-order valence-electron chi connectivity index (χ4n) is 1.80. The van der Waals surface area contributed by atoms with Crippen molar-refractivity contribution in [3.63, 3.8) is 0 Å². The van der Waals surface area contributed by atoms with Crippen molar-refractivity contribution in [1.82, 2.24) is 4.98 Å². The third-order valence-corrected chi connectivity index (χ3v) is 3.28. The SMILES string of the molecule is CSCc1ccc(C(=O)Nc2c[nH]c(C)c2C(=O)O)o1. The monoisotopic (exact) mass is 294 g/mol. The second kappa shape index (κ2) is 5.87. The number of aromatic amines is 1. The largest absolute Gasteiger partial charge is 0.478 e. The minimum absolute atomic E-state index is 0.0502. The summed E-state index contributed by atoms with van der Waals surface area (Å²) < 4.78 is 5.37. The lowest BCUT2D eigenvalue weighted by Crippen LogP contribution is -2.13. The van der Waals surface area contributed by atoms with Crippen LogP contribution in [0.4, 0.5) is 5.69 Å². The standard InChI is InChI=1S/C13H14N2O4S/c1-7-11(13(17)18)9(5-14-7)15-12(16)10-4-3-8(19-10)6-20-2/h3-5,14H,6H2,1-2H3,(H,15,16)(H,17,18). The lowest BCUT2D eigenvalue weighted by atomic mass is 10.2. The first-order chi connectivity index (χ1) is 9.52. The van der Waals surface area contributed by atoms with Crippen molar-refractivity contribution in [2.24, 2.45) is 0 Å². The van der Waals surface area contributed by atoms with E-state index in [0.29, 0.717) is 17.2 Å². The van der Waals surface area contributed by atoms with E-state index in [1.54, 1.807) is 30.8 Å². The van der Waals surface area contributed by atoms with E-state index in [2.05, 4.69) is 10.3 Å². The van der Waals surface area contributed by atoms with Gasteiger partial charge in [0, 0.05) is 11.9 Å². The Balaban J connectivity index is 2.17. The quantitative estimate of drug-likeness (QED) is 0.788. The van der Waals surface area contributed by atoms with E-state index in [-0.39, 0.29) is 17.0 Å². The highest BCUT2D eigenvalue weighted by atomic mass is 32.2. The Morgan fingerprint density at radius 1 is 1.45 bits per heavy atom. The molecule has 2 heterocycles. The number of carboxylic acids is 1. The topological polar surface area (TPSA) is 95.3 Å². The highest BCUT2D eigenvalue weighted by Gasteiger charge is 2.19. The van der Waals surface area contributed by atoms with E-state index in [1.165, 1.54) is 6.20 Å². The molecule has 0 radical (unpaired) electrons. The molecule has 0 aromatic carbocycles. The smallest absolute Gasteiger partial charge is 0.339 e. The van der Waals surface area contributed by atoms with Crippen LogP contribution in [-0.2, 0) is 5.75 Å². The first-order valence-corrected chi connectivity index (χ1v) is 7.22. The zero-order valence-electron chi connectivity index (χ0n) is 11.0.